The fourth-order valence-electron chi connectivity index (χ4n) is 0.463. The molecule has 0 aliphatic heterocycles. The van der Waals surface area contributed by atoms with Crippen molar-refractivity contribution in [2.24, 2.45) is 5.92 Å². The molecule has 59 valence electrons. The third kappa shape index (κ3) is 15.7. The first-order valence-corrected chi connectivity index (χ1v) is 4.05. The third-order valence-electron chi connectivity index (χ3n) is 0.800. The summed E-state index contributed by atoms with van der Waals surface area (Å²) in [5, 5.41) is 0. The molecule has 10 heavy (non-hydrogen) atoms. The molecule has 1 radical (unpaired) electrons. The standard InChI is InChI=1S/C7H16O.BS/c1-4-5-8-6-7(2)3;1-2/h7H,4-6H2,1-3H3;. The van der Waals surface area contributed by atoms with Gasteiger partial charge < -0.3 is 4.74 Å². The van der Waals surface area contributed by atoms with Crippen molar-refractivity contribution >= 4 is 18.8 Å². The average molecular weight is 159 g/mol. The predicted octanol–water partition coefficient (Wildman–Crippen LogP) is 2.34. The van der Waals surface area contributed by atoms with E-state index in [4.69, 9.17) is 4.74 Å². The van der Waals surface area contributed by atoms with Crippen LogP contribution in [0.25, 0.3) is 0 Å². The summed E-state index contributed by atoms with van der Waals surface area (Å²) in [5.41, 5.74) is 0. The molecule has 0 rings (SSSR count). The molecule has 0 unspecified atom stereocenters. The first-order valence-electron chi connectivity index (χ1n) is 3.58. The van der Waals surface area contributed by atoms with Gasteiger partial charge in [-0.1, -0.05) is 20.8 Å². The van der Waals surface area contributed by atoms with E-state index < -0.39 is 0 Å². The summed E-state index contributed by atoms with van der Waals surface area (Å²) in [6.07, 6.45) is 1.13. The van der Waals surface area contributed by atoms with Crippen LogP contribution >= 0.6 is 12.1 Å². The van der Waals surface area contributed by atoms with Crippen molar-refractivity contribution in [3.63, 3.8) is 0 Å². The third-order valence-corrected chi connectivity index (χ3v) is 0.800. The summed E-state index contributed by atoms with van der Waals surface area (Å²) in [6.45, 7) is 12.4. The van der Waals surface area contributed by atoms with Crippen LogP contribution in [0.1, 0.15) is 27.2 Å². The molecular weight excluding hydrogens is 143 g/mol. The Balaban J connectivity index is 0. The summed E-state index contributed by atoms with van der Waals surface area (Å²) in [6, 6.07) is 0. The Hall–Kier alpha value is 0.245. The first-order chi connectivity index (χ1) is 4.77. The van der Waals surface area contributed by atoms with Gasteiger partial charge in [-0.3, -0.25) is 0 Å². The van der Waals surface area contributed by atoms with E-state index in [9.17, 15) is 0 Å². The molecule has 3 heteroatoms. The minimum absolute atomic E-state index is 0.682. The fraction of sp³-hybridized carbons (Fsp3) is 1.00. The van der Waals surface area contributed by atoms with Crippen molar-refractivity contribution in [2.75, 3.05) is 13.2 Å². The summed E-state index contributed by atoms with van der Waals surface area (Å²) < 4.78 is 5.24. The van der Waals surface area contributed by atoms with E-state index in [0.717, 1.165) is 19.6 Å². The van der Waals surface area contributed by atoms with Gasteiger partial charge in [-0.15, -0.1) is 0 Å². The molecule has 0 amide bonds. The topological polar surface area (TPSA) is 9.23 Å². The first kappa shape index (κ1) is 12.9. The van der Waals surface area contributed by atoms with Crippen molar-refractivity contribution in [1.82, 2.24) is 0 Å². The molecule has 0 heterocycles. The Morgan fingerprint density at radius 3 is 2.20 bits per heavy atom. The van der Waals surface area contributed by atoms with Crippen LogP contribution < -0.4 is 0 Å². The normalized spacial score (nSPS) is 8.70. The molecule has 0 bridgehead atoms. The summed E-state index contributed by atoms with van der Waals surface area (Å²) in [4.78, 5) is 0. The maximum absolute atomic E-state index is 5.24. The van der Waals surface area contributed by atoms with Gasteiger partial charge in [-0.2, -0.15) is 0 Å². The van der Waals surface area contributed by atoms with Crippen LogP contribution in [0, 0.1) is 5.92 Å². The number of rotatable bonds is 4. The molecule has 0 aliphatic rings. The van der Waals surface area contributed by atoms with Gasteiger partial charge >= 0.3 is 18.8 Å². The molecule has 0 aromatic carbocycles. The molecule has 1 nitrogen and oxygen atoms in total. The minimum atomic E-state index is 0.682. The second kappa shape index (κ2) is 12.0. The Morgan fingerprint density at radius 1 is 1.40 bits per heavy atom. The number of hydrogen-bond acceptors (Lipinski definition) is 2. The Labute approximate surface area is 70.4 Å². The number of hydrogen-bond donors (Lipinski definition) is 0. The van der Waals surface area contributed by atoms with Crippen LogP contribution in [-0.2, 0) is 4.74 Å². The van der Waals surface area contributed by atoms with Crippen molar-refractivity contribution in [3.05, 3.63) is 0 Å². The van der Waals surface area contributed by atoms with Crippen LogP contribution in [0.3, 0.4) is 0 Å². The van der Waals surface area contributed by atoms with Crippen LogP contribution in [0.5, 0.6) is 0 Å². The van der Waals surface area contributed by atoms with Crippen molar-refractivity contribution < 1.29 is 4.74 Å². The molecule has 0 aromatic heterocycles. The maximum atomic E-state index is 5.24. The molecule has 0 aliphatic carbocycles. The SMILES string of the molecule is CCCOCC(C)C.[B]=S. The molecule has 0 saturated carbocycles. The summed E-state index contributed by atoms with van der Waals surface area (Å²) in [7, 11) is 0. The van der Waals surface area contributed by atoms with E-state index in [1.807, 2.05) is 0 Å². The molecule has 0 aromatic rings. The predicted molar refractivity (Wildman–Crippen MR) is 49.3 cm³/mol. The van der Waals surface area contributed by atoms with Crippen LogP contribution in [-0.4, -0.2) is 19.9 Å². The molecule has 0 fully saturated rings. The van der Waals surface area contributed by atoms with Gasteiger partial charge in [0.05, 0.1) is 0 Å². The Kier molecular flexibility index (Phi) is 15.4. The zero-order valence-electron chi connectivity index (χ0n) is 7.09. The van der Waals surface area contributed by atoms with E-state index in [1.165, 1.54) is 0 Å². The number of ether oxygens (including phenoxy) is 1. The molecule has 0 spiro atoms. The van der Waals surface area contributed by atoms with Gasteiger partial charge in [0.2, 0.25) is 0 Å². The van der Waals surface area contributed by atoms with Gasteiger partial charge in [0.1, 0.15) is 0 Å². The van der Waals surface area contributed by atoms with Crippen LogP contribution in [0.4, 0.5) is 0 Å². The van der Waals surface area contributed by atoms with Gasteiger partial charge in [0.15, 0.2) is 0 Å². The van der Waals surface area contributed by atoms with Gasteiger partial charge in [-0.05, 0) is 12.3 Å². The zero-order chi connectivity index (χ0) is 8.41. The Morgan fingerprint density at radius 2 is 1.90 bits per heavy atom. The van der Waals surface area contributed by atoms with E-state index in [1.54, 1.807) is 0 Å². The second-order valence-electron chi connectivity index (χ2n) is 2.47. The quantitative estimate of drug-likeness (QED) is 0.460. The monoisotopic (exact) mass is 159 g/mol. The van der Waals surface area contributed by atoms with Gasteiger partial charge in [0, 0.05) is 13.2 Å². The van der Waals surface area contributed by atoms with E-state index in [-0.39, 0.29) is 0 Å². The Bertz CT molecular complexity index is 59.6. The average Bonchev–Trinajstić information content (AvgIpc) is 1.92. The molecule has 0 atom stereocenters. The summed E-state index contributed by atoms with van der Waals surface area (Å²) in [5.74, 6) is 0.682. The van der Waals surface area contributed by atoms with Crippen molar-refractivity contribution in [2.45, 2.75) is 27.2 Å². The van der Waals surface area contributed by atoms with Crippen molar-refractivity contribution in [3.8, 4) is 0 Å². The van der Waals surface area contributed by atoms with Crippen LogP contribution in [0.15, 0.2) is 0 Å². The van der Waals surface area contributed by atoms with Gasteiger partial charge in [-0.25, -0.2) is 0 Å². The molecule has 0 saturated heterocycles. The molecular formula is C7H16BOS. The zero-order valence-corrected chi connectivity index (χ0v) is 7.91. The van der Waals surface area contributed by atoms with Gasteiger partial charge in [0.25, 0.3) is 0 Å². The fourth-order valence-corrected chi connectivity index (χ4v) is 0.463. The van der Waals surface area contributed by atoms with E-state index >= 15 is 0 Å². The second-order valence-corrected chi connectivity index (χ2v) is 2.47. The van der Waals surface area contributed by atoms with Crippen molar-refractivity contribution in [1.29, 1.82) is 0 Å². The van der Waals surface area contributed by atoms with Crippen LogP contribution in [0.2, 0.25) is 0 Å². The molecule has 0 N–H and O–H groups in total. The van der Waals surface area contributed by atoms with E-state index in [0.29, 0.717) is 5.92 Å². The summed E-state index contributed by atoms with van der Waals surface area (Å²) >= 11 is 3.58. The van der Waals surface area contributed by atoms with E-state index in [2.05, 4.69) is 39.5 Å².